The molecule has 2 nitrogen and oxygen atoms in total. The fraction of sp³-hybridized carbons (Fsp3) is 0.0556. The lowest BCUT2D eigenvalue weighted by atomic mass is 10.2. The minimum atomic E-state index is 0.969. The molecule has 0 aliphatic rings. The van der Waals surface area contributed by atoms with Crippen molar-refractivity contribution in [1.82, 2.24) is 4.57 Å². The first-order valence-corrected chi connectivity index (χ1v) is 6.66. The van der Waals surface area contributed by atoms with Gasteiger partial charge in [0.05, 0.1) is 17.6 Å². The minimum absolute atomic E-state index is 0.969. The number of aromatic nitrogens is 1. The summed E-state index contributed by atoms with van der Waals surface area (Å²) in [7, 11) is 0. The van der Waals surface area contributed by atoms with Crippen molar-refractivity contribution in [2.24, 2.45) is 4.99 Å². The lowest BCUT2D eigenvalue weighted by molar-refractivity contribution is 1.07. The predicted octanol–water partition coefficient (Wildman–Crippen LogP) is 4.54. The Morgan fingerprint density at radius 1 is 0.850 bits per heavy atom. The smallest absolute Gasteiger partial charge is 0.0639 e. The van der Waals surface area contributed by atoms with Crippen LogP contribution < -0.4 is 0 Å². The van der Waals surface area contributed by atoms with Crippen LogP contribution in [0.2, 0.25) is 0 Å². The van der Waals surface area contributed by atoms with Gasteiger partial charge in [0.1, 0.15) is 0 Å². The van der Waals surface area contributed by atoms with Crippen LogP contribution in [0.1, 0.15) is 11.3 Å². The molecule has 0 radical (unpaired) electrons. The zero-order valence-electron chi connectivity index (χ0n) is 11.4. The zero-order chi connectivity index (χ0) is 13.8. The van der Waals surface area contributed by atoms with E-state index >= 15 is 0 Å². The maximum Gasteiger partial charge on any atom is 0.0639 e. The molecule has 0 aliphatic carbocycles. The van der Waals surface area contributed by atoms with E-state index in [1.807, 2.05) is 48.8 Å². The van der Waals surface area contributed by atoms with Gasteiger partial charge in [-0.1, -0.05) is 35.9 Å². The van der Waals surface area contributed by atoms with Crippen molar-refractivity contribution >= 4 is 11.9 Å². The number of hydrogen-bond donors (Lipinski definition) is 0. The summed E-state index contributed by atoms with van der Waals surface area (Å²) in [6, 6.07) is 22.6. The van der Waals surface area contributed by atoms with Crippen molar-refractivity contribution in [3.8, 4) is 5.69 Å². The van der Waals surface area contributed by atoms with E-state index in [-0.39, 0.29) is 0 Å². The van der Waals surface area contributed by atoms with Crippen molar-refractivity contribution in [2.75, 3.05) is 0 Å². The maximum absolute atomic E-state index is 4.53. The minimum Gasteiger partial charge on any atom is -0.316 e. The molecular formula is C18H16N2. The molecule has 0 atom stereocenters. The van der Waals surface area contributed by atoms with Crippen molar-refractivity contribution < 1.29 is 0 Å². The van der Waals surface area contributed by atoms with Crippen LogP contribution in [0.3, 0.4) is 0 Å². The molecular weight excluding hydrogens is 244 g/mol. The number of aryl methyl sites for hydroxylation is 1. The van der Waals surface area contributed by atoms with Gasteiger partial charge in [0.2, 0.25) is 0 Å². The molecule has 3 aromatic rings. The molecule has 0 aliphatic heterocycles. The van der Waals surface area contributed by atoms with Gasteiger partial charge >= 0.3 is 0 Å². The molecule has 0 spiro atoms. The average molecular weight is 260 g/mol. The molecule has 0 amide bonds. The van der Waals surface area contributed by atoms with Crippen LogP contribution in [0.15, 0.2) is 77.9 Å². The van der Waals surface area contributed by atoms with Gasteiger partial charge in [-0.25, -0.2) is 0 Å². The second kappa shape index (κ2) is 5.57. The monoisotopic (exact) mass is 260 g/mol. The van der Waals surface area contributed by atoms with E-state index < -0.39 is 0 Å². The van der Waals surface area contributed by atoms with Crippen molar-refractivity contribution in [3.63, 3.8) is 0 Å². The second-order valence-electron chi connectivity index (χ2n) is 4.73. The molecule has 20 heavy (non-hydrogen) atoms. The van der Waals surface area contributed by atoms with Gasteiger partial charge in [0.15, 0.2) is 0 Å². The van der Waals surface area contributed by atoms with Crippen molar-refractivity contribution in [1.29, 1.82) is 0 Å². The van der Waals surface area contributed by atoms with Crippen LogP contribution in [-0.2, 0) is 0 Å². The molecule has 0 saturated carbocycles. The summed E-state index contributed by atoms with van der Waals surface area (Å²) in [6.07, 6.45) is 3.95. The number of aliphatic imine (C=N–C) groups is 1. The Hall–Kier alpha value is -2.61. The lowest BCUT2D eigenvalue weighted by Gasteiger charge is -2.05. The first kappa shape index (κ1) is 12.4. The highest BCUT2D eigenvalue weighted by Crippen LogP contribution is 2.14. The SMILES string of the molecule is Cc1ccc(N=Cc2cccn2-c2ccccc2)cc1. The van der Waals surface area contributed by atoms with E-state index in [0.29, 0.717) is 0 Å². The lowest BCUT2D eigenvalue weighted by Crippen LogP contribution is -1.97. The van der Waals surface area contributed by atoms with E-state index in [1.54, 1.807) is 0 Å². The topological polar surface area (TPSA) is 17.3 Å². The summed E-state index contributed by atoms with van der Waals surface area (Å²) in [5, 5.41) is 0. The van der Waals surface area contributed by atoms with Gasteiger partial charge in [-0.2, -0.15) is 0 Å². The van der Waals surface area contributed by atoms with Gasteiger partial charge in [-0.05, 0) is 43.3 Å². The number of rotatable bonds is 3. The highest BCUT2D eigenvalue weighted by atomic mass is 15.0. The average Bonchev–Trinajstić information content (AvgIpc) is 2.96. The molecule has 2 aromatic carbocycles. The normalized spacial score (nSPS) is 11.1. The molecule has 1 heterocycles. The third-order valence-electron chi connectivity index (χ3n) is 3.19. The molecule has 3 rings (SSSR count). The van der Waals surface area contributed by atoms with Gasteiger partial charge in [0, 0.05) is 11.9 Å². The summed E-state index contributed by atoms with van der Waals surface area (Å²) in [4.78, 5) is 4.53. The Balaban J connectivity index is 1.89. The Morgan fingerprint density at radius 3 is 2.35 bits per heavy atom. The van der Waals surface area contributed by atoms with Gasteiger partial charge in [-0.15, -0.1) is 0 Å². The summed E-state index contributed by atoms with van der Waals surface area (Å²) < 4.78 is 2.12. The number of hydrogen-bond acceptors (Lipinski definition) is 1. The highest BCUT2D eigenvalue weighted by molar-refractivity contribution is 5.81. The maximum atomic E-state index is 4.53. The Morgan fingerprint density at radius 2 is 1.60 bits per heavy atom. The van der Waals surface area contributed by atoms with E-state index in [2.05, 4.69) is 46.8 Å². The van der Waals surface area contributed by atoms with Gasteiger partial charge in [0.25, 0.3) is 0 Å². The Labute approximate surface area is 119 Å². The molecule has 0 N–H and O–H groups in total. The van der Waals surface area contributed by atoms with Gasteiger partial charge in [-0.3, -0.25) is 4.99 Å². The molecule has 0 saturated heterocycles. The largest absolute Gasteiger partial charge is 0.316 e. The van der Waals surface area contributed by atoms with Crippen LogP contribution in [0.4, 0.5) is 5.69 Å². The molecule has 2 heteroatoms. The summed E-state index contributed by atoms with van der Waals surface area (Å²) in [5.41, 5.74) is 4.42. The fourth-order valence-corrected chi connectivity index (χ4v) is 2.09. The summed E-state index contributed by atoms with van der Waals surface area (Å²) >= 11 is 0. The second-order valence-corrected chi connectivity index (χ2v) is 4.73. The van der Waals surface area contributed by atoms with Gasteiger partial charge < -0.3 is 4.57 Å². The van der Waals surface area contributed by atoms with E-state index in [9.17, 15) is 0 Å². The predicted molar refractivity (Wildman–Crippen MR) is 84.2 cm³/mol. The summed E-state index contributed by atoms with van der Waals surface area (Å²) in [6.45, 7) is 2.08. The molecule has 0 fully saturated rings. The van der Waals surface area contributed by atoms with Crippen molar-refractivity contribution in [2.45, 2.75) is 6.92 Å². The Bertz CT molecular complexity index is 707. The third kappa shape index (κ3) is 2.69. The van der Waals surface area contributed by atoms with Crippen molar-refractivity contribution in [3.05, 3.63) is 84.2 Å². The Kier molecular flexibility index (Phi) is 3.46. The van der Waals surface area contributed by atoms with Crippen LogP contribution in [0, 0.1) is 6.92 Å². The fourth-order valence-electron chi connectivity index (χ4n) is 2.09. The van der Waals surface area contributed by atoms with E-state index in [1.165, 1.54) is 5.56 Å². The molecule has 0 unspecified atom stereocenters. The molecule has 1 aromatic heterocycles. The standard InChI is InChI=1S/C18H16N2/c1-15-9-11-16(12-10-15)19-14-18-8-5-13-20(18)17-6-3-2-4-7-17/h2-14H,1H3. The van der Waals surface area contributed by atoms with E-state index in [4.69, 9.17) is 0 Å². The van der Waals surface area contributed by atoms with Crippen LogP contribution in [-0.4, -0.2) is 10.8 Å². The molecule has 0 bridgehead atoms. The zero-order valence-corrected chi connectivity index (χ0v) is 11.4. The number of benzene rings is 2. The van der Waals surface area contributed by atoms with Crippen LogP contribution in [0.5, 0.6) is 0 Å². The summed E-state index contributed by atoms with van der Waals surface area (Å²) in [5.74, 6) is 0. The first-order chi connectivity index (χ1) is 9.83. The highest BCUT2D eigenvalue weighted by Gasteiger charge is 1.99. The quantitative estimate of drug-likeness (QED) is 0.615. The van der Waals surface area contributed by atoms with Crippen LogP contribution >= 0.6 is 0 Å². The van der Waals surface area contributed by atoms with Crippen LogP contribution in [0.25, 0.3) is 5.69 Å². The third-order valence-corrected chi connectivity index (χ3v) is 3.19. The number of nitrogens with zero attached hydrogens (tertiary/aromatic N) is 2. The van der Waals surface area contributed by atoms with E-state index in [0.717, 1.165) is 17.1 Å². The number of para-hydroxylation sites is 1. The first-order valence-electron chi connectivity index (χ1n) is 6.66. The molecule has 98 valence electrons.